The Morgan fingerprint density at radius 2 is 2.17 bits per heavy atom. The molecule has 3 aromatic rings. The van der Waals surface area contributed by atoms with Crippen LogP contribution in [-0.2, 0) is 6.54 Å². The minimum Gasteiger partial charge on any atom is -0.399 e. The fourth-order valence-electron chi connectivity index (χ4n) is 1.81. The molecule has 0 unspecified atom stereocenters. The molecule has 0 aliphatic heterocycles. The summed E-state index contributed by atoms with van der Waals surface area (Å²) in [5.74, 6) is 0.787. The van der Waals surface area contributed by atoms with Gasteiger partial charge in [-0.25, -0.2) is 4.98 Å². The van der Waals surface area contributed by atoms with E-state index in [2.05, 4.69) is 25.5 Å². The molecule has 0 aliphatic carbocycles. The first-order valence-corrected chi connectivity index (χ1v) is 5.55. The lowest BCUT2D eigenvalue weighted by molar-refractivity contribution is 0.955. The predicted octanol–water partition coefficient (Wildman–Crippen LogP) is 1.55. The van der Waals surface area contributed by atoms with Crippen LogP contribution in [0.4, 0.5) is 11.4 Å². The van der Waals surface area contributed by atoms with Gasteiger partial charge in [-0.3, -0.25) is 10.1 Å². The van der Waals surface area contributed by atoms with Gasteiger partial charge < -0.3 is 11.1 Å². The van der Waals surface area contributed by atoms with Crippen LogP contribution < -0.4 is 11.1 Å². The molecule has 0 atom stereocenters. The Kier molecular flexibility index (Phi) is 2.53. The van der Waals surface area contributed by atoms with Gasteiger partial charge in [0, 0.05) is 23.0 Å². The number of anilines is 2. The van der Waals surface area contributed by atoms with E-state index in [0.717, 1.165) is 22.4 Å². The van der Waals surface area contributed by atoms with Gasteiger partial charge in [0.15, 0.2) is 0 Å². The summed E-state index contributed by atoms with van der Waals surface area (Å²) in [4.78, 5) is 8.35. The van der Waals surface area contributed by atoms with Crippen LogP contribution in [0.1, 0.15) is 5.82 Å². The van der Waals surface area contributed by atoms with Crippen LogP contribution in [0.15, 0.2) is 36.8 Å². The monoisotopic (exact) mass is 240 g/mol. The highest BCUT2D eigenvalue weighted by atomic mass is 15.2. The van der Waals surface area contributed by atoms with Crippen LogP contribution in [-0.4, -0.2) is 20.2 Å². The summed E-state index contributed by atoms with van der Waals surface area (Å²) in [6.07, 6.45) is 3.24. The number of hydrogen-bond acceptors (Lipinski definition) is 5. The highest BCUT2D eigenvalue weighted by Gasteiger charge is 2.03. The van der Waals surface area contributed by atoms with Crippen molar-refractivity contribution in [1.29, 1.82) is 0 Å². The molecule has 90 valence electrons. The Morgan fingerprint density at radius 1 is 1.22 bits per heavy atom. The standard InChI is InChI=1S/C12H12N6/c13-8-1-2-9-10(3-4-14-11(9)5-8)15-6-12-16-7-17-18-12/h1-5,7H,6,13H2,(H,14,15)(H,16,17,18). The fourth-order valence-corrected chi connectivity index (χ4v) is 1.81. The van der Waals surface area contributed by atoms with Gasteiger partial charge in [0.2, 0.25) is 0 Å². The third kappa shape index (κ3) is 1.95. The molecule has 0 radical (unpaired) electrons. The van der Waals surface area contributed by atoms with E-state index in [1.807, 2.05) is 24.3 Å². The minimum atomic E-state index is 0.587. The van der Waals surface area contributed by atoms with Gasteiger partial charge in [0.05, 0.1) is 12.1 Å². The average Bonchev–Trinajstić information content (AvgIpc) is 2.89. The molecule has 0 amide bonds. The first-order chi connectivity index (χ1) is 8.83. The molecular weight excluding hydrogens is 228 g/mol. The van der Waals surface area contributed by atoms with Gasteiger partial charge in [-0.05, 0) is 24.3 Å². The van der Waals surface area contributed by atoms with Crippen molar-refractivity contribution >= 4 is 22.3 Å². The zero-order chi connectivity index (χ0) is 12.4. The summed E-state index contributed by atoms with van der Waals surface area (Å²) in [7, 11) is 0. The largest absolute Gasteiger partial charge is 0.399 e. The van der Waals surface area contributed by atoms with Crippen LogP contribution >= 0.6 is 0 Å². The number of hydrogen-bond donors (Lipinski definition) is 3. The summed E-state index contributed by atoms with van der Waals surface area (Å²) < 4.78 is 0. The van der Waals surface area contributed by atoms with E-state index < -0.39 is 0 Å². The van der Waals surface area contributed by atoms with E-state index in [1.54, 1.807) is 6.20 Å². The number of H-pyrrole nitrogens is 1. The lowest BCUT2D eigenvalue weighted by Crippen LogP contribution is -2.02. The second-order valence-electron chi connectivity index (χ2n) is 3.92. The van der Waals surface area contributed by atoms with Crippen molar-refractivity contribution in [3.8, 4) is 0 Å². The molecule has 0 aliphatic rings. The molecule has 0 bridgehead atoms. The van der Waals surface area contributed by atoms with Gasteiger partial charge in [-0.2, -0.15) is 5.10 Å². The van der Waals surface area contributed by atoms with Crippen LogP contribution in [0.3, 0.4) is 0 Å². The van der Waals surface area contributed by atoms with E-state index in [0.29, 0.717) is 12.2 Å². The van der Waals surface area contributed by atoms with Gasteiger partial charge in [-0.1, -0.05) is 0 Å². The maximum Gasteiger partial charge on any atom is 0.143 e. The van der Waals surface area contributed by atoms with Gasteiger partial charge in [-0.15, -0.1) is 0 Å². The topological polar surface area (TPSA) is 92.5 Å². The van der Waals surface area contributed by atoms with Crippen molar-refractivity contribution in [2.75, 3.05) is 11.1 Å². The van der Waals surface area contributed by atoms with Crippen LogP contribution in [0, 0.1) is 0 Å². The third-order valence-electron chi connectivity index (χ3n) is 2.68. The van der Waals surface area contributed by atoms with E-state index in [4.69, 9.17) is 5.73 Å². The van der Waals surface area contributed by atoms with E-state index >= 15 is 0 Å². The first-order valence-electron chi connectivity index (χ1n) is 5.55. The molecule has 0 spiro atoms. The number of benzene rings is 1. The number of rotatable bonds is 3. The van der Waals surface area contributed by atoms with Crippen molar-refractivity contribution < 1.29 is 0 Å². The summed E-state index contributed by atoms with van der Waals surface area (Å²) in [5.41, 5.74) is 8.32. The Balaban J connectivity index is 1.92. The predicted molar refractivity (Wildman–Crippen MR) is 69.9 cm³/mol. The normalized spacial score (nSPS) is 10.7. The zero-order valence-corrected chi connectivity index (χ0v) is 9.59. The van der Waals surface area contributed by atoms with E-state index in [1.165, 1.54) is 6.33 Å². The highest BCUT2D eigenvalue weighted by molar-refractivity contribution is 5.92. The van der Waals surface area contributed by atoms with Gasteiger partial charge in [0.25, 0.3) is 0 Å². The number of nitrogens with two attached hydrogens (primary N) is 1. The quantitative estimate of drug-likeness (QED) is 0.604. The van der Waals surface area contributed by atoms with Crippen LogP contribution in [0.25, 0.3) is 10.9 Å². The molecule has 1 aromatic carbocycles. The van der Waals surface area contributed by atoms with Crippen molar-refractivity contribution in [3.63, 3.8) is 0 Å². The molecule has 2 aromatic heterocycles. The summed E-state index contributed by atoms with van der Waals surface area (Å²) in [5, 5.41) is 10.9. The number of aromatic amines is 1. The number of fused-ring (bicyclic) bond motifs is 1. The molecular formula is C12H12N6. The summed E-state index contributed by atoms with van der Waals surface area (Å²) in [6.45, 7) is 0.587. The van der Waals surface area contributed by atoms with Crippen molar-refractivity contribution in [2.24, 2.45) is 0 Å². The maximum atomic E-state index is 5.74. The molecule has 2 heterocycles. The van der Waals surface area contributed by atoms with E-state index in [-0.39, 0.29) is 0 Å². The second kappa shape index (κ2) is 4.33. The number of nitrogen functional groups attached to an aromatic ring is 1. The zero-order valence-electron chi connectivity index (χ0n) is 9.59. The highest BCUT2D eigenvalue weighted by Crippen LogP contribution is 2.23. The lowest BCUT2D eigenvalue weighted by Gasteiger charge is -2.08. The Bertz CT molecular complexity index is 661. The van der Waals surface area contributed by atoms with Crippen molar-refractivity contribution in [2.45, 2.75) is 6.54 Å². The van der Waals surface area contributed by atoms with Gasteiger partial charge in [0.1, 0.15) is 12.2 Å². The number of nitrogens with zero attached hydrogens (tertiary/aromatic N) is 3. The molecule has 3 rings (SSSR count). The van der Waals surface area contributed by atoms with E-state index in [9.17, 15) is 0 Å². The molecule has 18 heavy (non-hydrogen) atoms. The van der Waals surface area contributed by atoms with Crippen LogP contribution in [0.2, 0.25) is 0 Å². The summed E-state index contributed by atoms with van der Waals surface area (Å²) >= 11 is 0. The Hall–Kier alpha value is -2.63. The smallest absolute Gasteiger partial charge is 0.143 e. The number of aromatic nitrogens is 4. The number of nitrogens with one attached hydrogen (secondary N) is 2. The fraction of sp³-hybridized carbons (Fsp3) is 0.0833. The molecule has 0 fully saturated rings. The van der Waals surface area contributed by atoms with Crippen LogP contribution in [0.5, 0.6) is 0 Å². The lowest BCUT2D eigenvalue weighted by atomic mass is 10.1. The molecule has 6 nitrogen and oxygen atoms in total. The van der Waals surface area contributed by atoms with Crippen molar-refractivity contribution in [3.05, 3.63) is 42.6 Å². The average molecular weight is 240 g/mol. The SMILES string of the molecule is Nc1ccc2c(NCc3ncn[nH]3)ccnc2c1. The molecule has 4 N–H and O–H groups in total. The maximum absolute atomic E-state index is 5.74. The Morgan fingerprint density at radius 3 is 3.00 bits per heavy atom. The summed E-state index contributed by atoms with van der Waals surface area (Å²) in [6, 6.07) is 7.61. The Labute approximate surface area is 103 Å². The minimum absolute atomic E-state index is 0.587. The first kappa shape index (κ1) is 10.5. The second-order valence-corrected chi connectivity index (χ2v) is 3.92. The third-order valence-corrected chi connectivity index (χ3v) is 2.68. The molecule has 0 saturated heterocycles. The molecule has 0 saturated carbocycles. The number of pyridine rings is 1. The molecule has 6 heteroatoms. The van der Waals surface area contributed by atoms with Crippen molar-refractivity contribution in [1.82, 2.24) is 20.2 Å². The van der Waals surface area contributed by atoms with Gasteiger partial charge >= 0.3 is 0 Å².